The minimum Gasteiger partial charge on any atom is -0.418 e. The second-order valence-corrected chi connectivity index (χ2v) is 8.92. The van der Waals surface area contributed by atoms with Gasteiger partial charge in [0.05, 0.1) is 22.6 Å². The Morgan fingerprint density at radius 1 is 0.848 bits per heavy atom. The topological polar surface area (TPSA) is 148 Å². The number of rotatable bonds is 10. The van der Waals surface area contributed by atoms with Crippen molar-refractivity contribution in [1.29, 1.82) is 0 Å². The molecule has 0 N–H and O–H groups in total. The minimum absolute atomic E-state index is 0.104. The van der Waals surface area contributed by atoms with Crippen LogP contribution in [-0.2, 0) is 4.74 Å². The Morgan fingerprint density at radius 2 is 1.30 bits per heavy atom. The van der Waals surface area contributed by atoms with E-state index in [9.17, 15) is 29.8 Å². The summed E-state index contributed by atoms with van der Waals surface area (Å²) in [4.78, 5) is 44.1. The van der Waals surface area contributed by atoms with Gasteiger partial charge in [0.1, 0.15) is 11.5 Å². The van der Waals surface area contributed by atoms with Gasteiger partial charge in [-0.25, -0.2) is 9.59 Å². The lowest BCUT2D eigenvalue weighted by atomic mass is 10.3. The summed E-state index contributed by atoms with van der Waals surface area (Å²) >= 11 is 1.80. The summed E-state index contributed by atoms with van der Waals surface area (Å²) in [7, 11) is 0. The fourth-order valence-electron chi connectivity index (χ4n) is 2.25. The van der Waals surface area contributed by atoms with E-state index in [4.69, 9.17) is 14.2 Å². The van der Waals surface area contributed by atoms with Crippen LogP contribution < -0.4 is 9.47 Å². The van der Waals surface area contributed by atoms with Crippen LogP contribution in [0.4, 0.5) is 21.0 Å². The van der Waals surface area contributed by atoms with E-state index in [1.165, 1.54) is 48.5 Å². The number of nitro groups is 2. The third-order valence-electron chi connectivity index (χ3n) is 3.85. The molecule has 0 heterocycles. The van der Waals surface area contributed by atoms with Gasteiger partial charge in [0, 0.05) is 35.3 Å². The van der Waals surface area contributed by atoms with Gasteiger partial charge in [-0.15, -0.1) is 0 Å². The number of hydrogen-bond donors (Lipinski definition) is 0. The second-order valence-electron chi connectivity index (χ2n) is 6.59. The average Bonchev–Trinajstić information content (AvgIpc) is 2.77. The van der Waals surface area contributed by atoms with E-state index in [1.807, 2.05) is 0 Å². The molecule has 0 aliphatic rings. The summed E-state index contributed by atoms with van der Waals surface area (Å²) in [5, 5.41) is 19.9. The zero-order chi connectivity index (χ0) is 24.4. The van der Waals surface area contributed by atoms with Crippen LogP contribution in [-0.4, -0.2) is 44.2 Å². The van der Waals surface area contributed by atoms with Gasteiger partial charge in [-0.3, -0.25) is 20.2 Å². The van der Waals surface area contributed by atoms with E-state index in [0.29, 0.717) is 5.75 Å². The van der Waals surface area contributed by atoms with Gasteiger partial charge in [0.2, 0.25) is 0 Å². The first kappa shape index (κ1) is 26.1. The zero-order valence-electron chi connectivity index (χ0n) is 17.6. The van der Waals surface area contributed by atoms with Gasteiger partial charge >= 0.3 is 10.6 Å². The summed E-state index contributed by atoms with van der Waals surface area (Å²) in [5.41, 5.74) is -0.208. The van der Waals surface area contributed by atoms with Crippen molar-refractivity contribution in [3.63, 3.8) is 0 Å². The van der Waals surface area contributed by atoms with E-state index in [0.717, 1.165) is 23.5 Å². The lowest BCUT2D eigenvalue weighted by Gasteiger charge is -2.15. The Hall–Kier alpha value is -3.16. The van der Waals surface area contributed by atoms with Crippen molar-refractivity contribution in [3.05, 3.63) is 68.8 Å². The van der Waals surface area contributed by atoms with Gasteiger partial charge in [-0.05, 0) is 54.7 Å². The monoisotopic (exact) mass is 496 g/mol. The van der Waals surface area contributed by atoms with Crippen LogP contribution in [0.2, 0.25) is 0 Å². The van der Waals surface area contributed by atoms with Crippen LogP contribution in [0, 0.1) is 20.2 Å². The standard InChI is InChI=1S/C20H20N2O9S2/c1-13(12-32-19(23)30-17-7-3-15(4-8-17)21(25)26)29-11-14(2)33-20(24)31-18-9-5-16(6-10-18)22(27)28/h3-10,13-14H,11-12H2,1-2H3. The normalized spacial score (nSPS) is 12.4. The number of carbonyl (C=O) groups excluding carboxylic acids is 2. The minimum atomic E-state index is -0.576. The van der Waals surface area contributed by atoms with E-state index in [1.54, 1.807) is 13.8 Å². The van der Waals surface area contributed by atoms with E-state index in [-0.39, 0.29) is 40.8 Å². The van der Waals surface area contributed by atoms with Crippen molar-refractivity contribution in [2.45, 2.75) is 25.2 Å². The molecule has 11 nitrogen and oxygen atoms in total. The molecule has 2 unspecified atom stereocenters. The lowest BCUT2D eigenvalue weighted by Crippen LogP contribution is -2.20. The van der Waals surface area contributed by atoms with Gasteiger partial charge in [-0.1, -0.05) is 6.92 Å². The molecule has 0 saturated heterocycles. The summed E-state index contributed by atoms with van der Waals surface area (Å²) in [6.07, 6.45) is -0.312. The molecule has 176 valence electrons. The van der Waals surface area contributed by atoms with Crippen molar-refractivity contribution in [1.82, 2.24) is 0 Å². The van der Waals surface area contributed by atoms with Gasteiger partial charge in [0.25, 0.3) is 11.4 Å². The third-order valence-corrected chi connectivity index (χ3v) is 5.62. The molecule has 0 saturated carbocycles. The molecule has 2 rings (SSSR count). The second kappa shape index (κ2) is 12.8. The quantitative estimate of drug-likeness (QED) is 0.234. The Morgan fingerprint density at radius 3 is 1.76 bits per heavy atom. The molecule has 0 aliphatic carbocycles. The number of non-ortho nitro benzene ring substituents is 2. The van der Waals surface area contributed by atoms with Crippen LogP contribution in [0.5, 0.6) is 11.5 Å². The summed E-state index contributed by atoms with van der Waals surface area (Å²) < 4.78 is 15.9. The first-order valence-electron chi connectivity index (χ1n) is 9.47. The molecule has 0 bridgehead atoms. The molecule has 0 spiro atoms. The molecular weight excluding hydrogens is 476 g/mol. The van der Waals surface area contributed by atoms with Crippen LogP contribution in [0.1, 0.15) is 13.8 Å². The van der Waals surface area contributed by atoms with E-state index >= 15 is 0 Å². The fourth-order valence-corrected chi connectivity index (χ4v) is 3.49. The number of hydrogen-bond acceptors (Lipinski definition) is 11. The van der Waals surface area contributed by atoms with Gasteiger partial charge in [0.15, 0.2) is 0 Å². The maximum absolute atomic E-state index is 12.0. The van der Waals surface area contributed by atoms with Crippen molar-refractivity contribution in [3.8, 4) is 11.5 Å². The molecule has 13 heteroatoms. The van der Waals surface area contributed by atoms with Crippen molar-refractivity contribution in [2.75, 3.05) is 12.4 Å². The Bertz CT molecular complexity index is 984. The molecule has 0 aliphatic heterocycles. The molecule has 0 aromatic heterocycles. The van der Waals surface area contributed by atoms with Crippen molar-refractivity contribution in [2.24, 2.45) is 0 Å². The number of ether oxygens (including phenoxy) is 3. The van der Waals surface area contributed by atoms with Gasteiger partial charge in [-0.2, -0.15) is 0 Å². The van der Waals surface area contributed by atoms with Crippen LogP contribution in [0.15, 0.2) is 48.5 Å². The highest BCUT2D eigenvalue weighted by atomic mass is 32.2. The van der Waals surface area contributed by atoms with Crippen LogP contribution in [0.3, 0.4) is 0 Å². The predicted molar refractivity (Wildman–Crippen MR) is 123 cm³/mol. The molecular formula is C20H20N2O9S2. The molecule has 0 radical (unpaired) electrons. The summed E-state index contributed by atoms with van der Waals surface area (Å²) in [5.74, 6) is 0.696. The fraction of sp³-hybridized carbons (Fsp3) is 0.300. The number of benzene rings is 2. The molecule has 0 fully saturated rings. The third kappa shape index (κ3) is 9.47. The maximum atomic E-state index is 12.0. The summed E-state index contributed by atoms with van der Waals surface area (Å²) in [6.45, 7) is 3.75. The molecule has 33 heavy (non-hydrogen) atoms. The Kier molecular flexibility index (Phi) is 10.1. The van der Waals surface area contributed by atoms with Gasteiger partial charge < -0.3 is 14.2 Å². The number of nitro benzene ring substituents is 2. The highest BCUT2D eigenvalue weighted by molar-refractivity contribution is 8.13. The molecule has 2 aromatic carbocycles. The smallest absolute Gasteiger partial charge is 0.373 e. The number of nitrogens with zero attached hydrogens (tertiary/aromatic N) is 2. The van der Waals surface area contributed by atoms with Crippen molar-refractivity contribution >= 4 is 45.5 Å². The SMILES string of the molecule is CC(CSC(=O)Oc1ccc([N+](=O)[O-])cc1)OCC(C)SC(=O)Oc1ccc([N+](=O)[O-])cc1. The largest absolute Gasteiger partial charge is 0.418 e. The first-order chi connectivity index (χ1) is 15.6. The summed E-state index contributed by atoms with van der Waals surface area (Å²) in [6, 6.07) is 10.3. The van der Waals surface area contributed by atoms with Crippen LogP contribution in [0.25, 0.3) is 0 Å². The predicted octanol–water partition coefficient (Wildman–Crippen LogP) is 5.46. The first-order valence-corrected chi connectivity index (χ1v) is 11.3. The maximum Gasteiger partial charge on any atom is 0.373 e. The zero-order valence-corrected chi connectivity index (χ0v) is 19.2. The van der Waals surface area contributed by atoms with E-state index < -0.39 is 20.4 Å². The van der Waals surface area contributed by atoms with E-state index in [2.05, 4.69) is 0 Å². The number of carbonyl (C=O) groups is 2. The molecule has 0 amide bonds. The lowest BCUT2D eigenvalue weighted by molar-refractivity contribution is -0.385. The van der Waals surface area contributed by atoms with Crippen LogP contribution >= 0.6 is 23.5 Å². The molecule has 2 atom stereocenters. The highest BCUT2D eigenvalue weighted by Crippen LogP contribution is 2.22. The Balaban J connectivity index is 1.65. The molecule has 2 aromatic rings. The number of thioether (sulfide) groups is 2. The highest BCUT2D eigenvalue weighted by Gasteiger charge is 2.16. The average molecular weight is 497 g/mol. The van der Waals surface area contributed by atoms with Crippen molar-refractivity contribution < 1.29 is 33.6 Å². The Labute approximate surface area is 197 Å².